The number of oxime groups is 1. The van der Waals surface area contributed by atoms with Crippen LogP contribution in [0.25, 0.3) is 0 Å². The molecule has 1 saturated heterocycles. The molecule has 3 atom stereocenters. The summed E-state index contributed by atoms with van der Waals surface area (Å²) in [7, 11) is 0. The molecule has 0 saturated carbocycles. The van der Waals surface area contributed by atoms with Crippen LogP contribution in [0.15, 0.2) is 5.16 Å². The van der Waals surface area contributed by atoms with Crippen molar-refractivity contribution in [1.82, 2.24) is 5.32 Å². The van der Waals surface area contributed by atoms with Gasteiger partial charge in [0.1, 0.15) is 5.60 Å². The Bertz CT molecular complexity index is 247. The Labute approximate surface area is 89.1 Å². The van der Waals surface area contributed by atoms with E-state index in [4.69, 9.17) is 15.7 Å². The van der Waals surface area contributed by atoms with E-state index in [1.54, 1.807) is 6.92 Å². The summed E-state index contributed by atoms with van der Waals surface area (Å²) in [6, 6.07) is -0.271. The van der Waals surface area contributed by atoms with E-state index in [1.807, 2.05) is 6.92 Å². The maximum Gasteiger partial charge on any atom is 0.156 e. The highest BCUT2D eigenvalue weighted by atomic mass is 16.5. The molecule has 1 heterocycles. The zero-order valence-electron chi connectivity index (χ0n) is 9.10. The van der Waals surface area contributed by atoms with Gasteiger partial charge in [-0.2, -0.15) is 0 Å². The van der Waals surface area contributed by atoms with Crippen molar-refractivity contribution < 1.29 is 15.1 Å². The van der Waals surface area contributed by atoms with Gasteiger partial charge in [-0.25, -0.2) is 0 Å². The second-order valence-electron chi connectivity index (χ2n) is 3.99. The van der Waals surface area contributed by atoms with Crippen LogP contribution >= 0.6 is 0 Å². The lowest BCUT2D eigenvalue weighted by molar-refractivity contribution is -0.0265. The van der Waals surface area contributed by atoms with Crippen LogP contribution in [0.1, 0.15) is 20.3 Å². The molecule has 0 aromatic carbocycles. The molecule has 0 amide bonds. The van der Waals surface area contributed by atoms with Crippen LogP contribution in [-0.2, 0) is 4.74 Å². The van der Waals surface area contributed by atoms with E-state index in [0.29, 0.717) is 19.6 Å². The molecule has 1 rings (SSSR count). The second kappa shape index (κ2) is 4.78. The standard InChI is InChI=1S/C9H19N3O3/c1-6(8(10)12-14)11-5-9(13)3-4-15-7(9)2/h6-7,11,13-14H,3-5H2,1-2H3,(H2,10,12). The number of amidine groups is 1. The van der Waals surface area contributed by atoms with Gasteiger partial charge in [0, 0.05) is 19.6 Å². The topological polar surface area (TPSA) is 100 Å². The highest BCUT2D eigenvalue weighted by Crippen LogP contribution is 2.24. The van der Waals surface area contributed by atoms with Gasteiger partial charge in [-0.1, -0.05) is 5.16 Å². The first kappa shape index (κ1) is 12.2. The van der Waals surface area contributed by atoms with Crippen molar-refractivity contribution in [3.05, 3.63) is 0 Å². The Kier molecular flexibility index (Phi) is 3.90. The van der Waals surface area contributed by atoms with Crippen LogP contribution in [-0.4, -0.2) is 47.0 Å². The fraction of sp³-hybridized carbons (Fsp3) is 0.889. The molecule has 3 unspecified atom stereocenters. The SMILES string of the molecule is CC(NCC1(O)CCOC1C)C(N)=NO. The maximum atomic E-state index is 10.1. The largest absolute Gasteiger partial charge is 0.409 e. The highest BCUT2D eigenvalue weighted by molar-refractivity contribution is 5.84. The zero-order valence-corrected chi connectivity index (χ0v) is 9.10. The van der Waals surface area contributed by atoms with E-state index in [0.717, 1.165) is 0 Å². The molecule has 1 fully saturated rings. The van der Waals surface area contributed by atoms with Crippen molar-refractivity contribution in [2.75, 3.05) is 13.2 Å². The molecule has 0 aromatic heterocycles. The van der Waals surface area contributed by atoms with E-state index in [2.05, 4.69) is 10.5 Å². The van der Waals surface area contributed by atoms with Crippen molar-refractivity contribution in [2.45, 2.75) is 38.0 Å². The van der Waals surface area contributed by atoms with Gasteiger partial charge in [0.05, 0.1) is 12.1 Å². The summed E-state index contributed by atoms with van der Waals surface area (Å²) in [4.78, 5) is 0. The van der Waals surface area contributed by atoms with E-state index in [1.165, 1.54) is 0 Å². The van der Waals surface area contributed by atoms with Gasteiger partial charge in [-0.05, 0) is 13.8 Å². The molecule has 0 aromatic rings. The van der Waals surface area contributed by atoms with Crippen molar-refractivity contribution in [3.63, 3.8) is 0 Å². The molecule has 15 heavy (non-hydrogen) atoms. The fourth-order valence-corrected chi connectivity index (χ4v) is 1.52. The quantitative estimate of drug-likeness (QED) is 0.215. The smallest absolute Gasteiger partial charge is 0.156 e. The van der Waals surface area contributed by atoms with Gasteiger partial charge in [-0.3, -0.25) is 0 Å². The first-order chi connectivity index (χ1) is 6.99. The number of nitrogens with one attached hydrogen (secondary N) is 1. The van der Waals surface area contributed by atoms with Crippen molar-refractivity contribution in [1.29, 1.82) is 0 Å². The van der Waals surface area contributed by atoms with Gasteiger partial charge >= 0.3 is 0 Å². The summed E-state index contributed by atoms with van der Waals surface area (Å²) < 4.78 is 5.29. The van der Waals surface area contributed by atoms with Gasteiger partial charge in [0.15, 0.2) is 5.84 Å². The molecule has 1 aliphatic rings. The van der Waals surface area contributed by atoms with Gasteiger partial charge in [0.25, 0.3) is 0 Å². The van der Waals surface area contributed by atoms with Crippen molar-refractivity contribution >= 4 is 5.84 Å². The lowest BCUT2D eigenvalue weighted by atomic mass is 9.96. The third-order valence-electron chi connectivity index (χ3n) is 2.93. The molecule has 0 spiro atoms. The van der Waals surface area contributed by atoms with E-state index < -0.39 is 5.60 Å². The fourth-order valence-electron chi connectivity index (χ4n) is 1.52. The first-order valence-corrected chi connectivity index (χ1v) is 5.04. The third kappa shape index (κ3) is 2.80. The Morgan fingerprint density at radius 2 is 2.47 bits per heavy atom. The molecule has 0 radical (unpaired) electrons. The summed E-state index contributed by atoms with van der Waals surface area (Å²) in [5.74, 6) is 0.102. The number of hydrogen-bond donors (Lipinski definition) is 4. The second-order valence-corrected chi connectivity index (χ2v) is 3.99. The van der Waals surface area contributed by atoms with Gasteiger partial charge in [-0.15, -0.1) is 0 Å². The van der Waals surface area contributed by atoms with E-state index in [9.17, 15) is 5.11 Å². The number of hydrogen-bond acceptors (Lipinski definition) is 5. The molecule has 0 aliphatic carbocycles. The number of nitrogens with zero attached hydrogens (tertiary/aromatic N) is 1. The van der Waals surface area contributed by atoms with E-state index in [-0.39, 0.29) is 18.0 Å². The van der Waals surface area contributed by atoms with Crippen LogP contribution < -0.4 is 11.1 Å². The van der Waals surface area contributed by atoms with Crippen molar-refractivity contribution in [3.8, 4) is 0 Å². The number of ether oxygens (including phenoxy) is 1. The first-order valence-electron chi connectivity index (χ1n) is 5.04. The van der Waals surface area contributed by atoms with Crippen molar-refractivity contribution in [2.24, 2.45) is 10.9 Å². The average Bonchev–Trinajstić information content (AvgIpc) is 2.55. The monoisotopic (exact) mass is 217 g/mol. The molecule has 1 aliphatic heterocycles. The predicted molar refractivity (Wildman–Crippen MR) is 55.9 cm³/mol. The minimum atomic E-state index is -0.857. The Balaban J connectivity index is 2.42. The number of nitrogens with two attached hydrogens (primary N) is 1. The van der Waals surface area contributed by atoms with Crippen LogP contribution in [0.4, 0.5) is 0 Å². The summed E-state index contributed by atoms with van der Waals surface area (Å²) in [5.41, 5.74) is 4.55. The molecule has 88 valence electrons. The summed E-state index contributed by atoms with van der Waals surface area (Å²) in [5, 5.41) is 24.5. The highest BCUT2D eigenvalue weighted by Gasteiger charge is 2.39. The molecule has 0 bridgehead atoms. The van der Waals surface area contributed by atoms with Crippen LogP contribution in [0.2, 0.25) is 0 Å². The minimum Gasteiger partial charge on any atom is -0.409 e. The van der Waals surface area contributed by atoms with Gasteiger partial charge < -0.3 is 26.1 Å². The van der Waals surface area contributed by atoms with Gasteiger partial charge in [0.2, 0.25) is 0 Å². The normalized spacial score (nSPS) is 34.3. The molecule has 6 heteroatoms. The molecule has 6 nitrogen and oxygen atoms in total. The maximum absolute atomic E-state index is 10.1. The molecular weight excluding hydrogens is 198 g/mol. The molecular formula is C9H19N3O3. The Hall–Kier alpha value is -0.850. The Morgan fingerprint density at radius 1 is 1.80 bits per heavy atom. The zero-order chi connectivity index (χ0) is 11.5. The summed E-state index contributed by atoms with van der Waals surface area (Å²) in [6.07, 6.45) is 0.411. The Morgan fingerprint density at radius 3 is 2.93 bits per heavy atom. The number of rotatable bonds is 4. The third-order valence-corrected chi connectivity index (χ3v) is 2.93. The van der Waals surface area contributed by atoms with Crippen LogP contribution in [0.5, 0.6) is 0 Å². The lowest BCUT2D eigenvalue weighted by Gasteiger charge is -2.27. The lowest BCUT2D eigenvalue weighted by Crippen LogP contribution is -2.50. The van der Waals surface area contributed by atoms with Crippen LogP contribution in [0, 0.1) is 0 Å². The summed E-state index contributed by atoms with van der Waals surface area (Å²) >= 11 is 0. The predicted octanol–water partition coefficient (Wildman–Crippen LogP) is -0.749. The van der Waals surface area contributed by atoms with Crippen LogP contribution in [0.3, 0.4) is 0 Å². The minimum absolute atomic E-state index is 0.102. The van der Waals surface area contributed by atoms with E-state index >= 15 is 0 Å². The molecule has 5 N–H and O–H groups in total. The average molecular weight is 217 g/mol. The number of aliphatic hydroxyl groups is 1. The summed E-state index contributed by atoms with van der Waals surface area (Å²) in [6.45, 7) is 4.53.